The summed E-state index contributed by atoms with van der Waals surface area (Å²) in [7, 11) is -3.37. The van der Waals surface area contributed by atoms with Gasteiger partial charge in [0.25, 0.3) is 0 Å². The molecule has 2 aliphatic rings. The second-order valence-corrected chi connectivity index (χ2v) is 8.93. The van der Waals surface area contributed by atoms with Crippen LogP contribution in [0.4, 0.5) is 0 Å². The van der Waals surface area contributed by atoms with Gasteiger partial charge >= 0.3 is 0 Å². The van der Waals surface area contributed by atoms with Crippen LogP contribution in [0.3, 0.4) is 0 Å². The first kappa shape index (κ1) is 21.7. The first-order valence-corrected chi connectivity index (χ1v) is 10.5. The van der Waals surface area contributed by atoms with Crippen LogP contribution in [-0.4, -0.2) is 56.7 Å². The number of piperidine rings is 1. The Morgan fingerprint density at radius 1 is 1.21 bits per heavy atom. The number of likely N-dealkylation sites (N-methyl/N-ethyl adjacent to an activating group) is 1. The zero-order valence-corrected chi connectivity index (χ0v) is 16.4. The number of rotatable bonds is 7. The van der Waals surface area contributed by atoms with Crippen molar-refractivity contribution in [3.8, 4) is 0 Å². The molecule has 1 aliphatic heterocycles. The quantitative estimate of drug-likeness (QED) is 0.700. The Labute approximate surface area is 152 Å². The predicted octanol–water partition coefficient (Wildman–Crippen LogP) is 1.51. The van der Waals surface area contributed by atoms with E-state index in [9.17, 15) is 13.2 Å². The van der Waals surface area contributed by atoms with Crippen LogP contribution in [0.5, 0.6) is 0 Å². The highest BCUT2D eigenvalue weighted by molar-refractivity contribution is 7.90. The molecule has 2 fully saturated rings. The Morgan fingerprint density at radius 3 is 2.50 bits per heavy atom. The molecule has 1 aliphatic carbocycles. The van der Waals surface area contributed by atoms with Gasteiger partial charge < -0.3 is 10.2 Å². The second-order valence-electron chi connectivity index (χ2n) is 6.88. The Bertz CT molecular complexity index is 495. The molecule has 1 saturated carbocycles. The van der Waals surface area contributed by atoms with E-state index < -0.39 is 15.3 Å². The van der Waals surface area contributed by atoms with E-state index in [0.29, 0.717) is 26.1 Å². The lowest BCUT2D eigenvalue weighted by Crippen LogP contribution is -2.51. The van der Waals surface area contributed by atoms with E-state index in [4.69, 9.17) is 0 Å². The average Bonchev–Trinajstić information content (AvgIpc) is 3.07. The Balaban J connectivity index is 0.00000288. The zero-order valence-electron chi connectivity index (χ0n) is 14.8. The molecule has 2 rings (SSSR count). The molecule has 1 heterocycles. The van der Waals surface area contributed by atoms with Crippen molar-refractivity contribution in [1.82, 2.24) is 14.9 Å². The number of carbonyl (C=O) groups is 1. The van der Waals surface area contributed by atoms with Crippen LogP contribution >= 0.6 is 12.4 Å². The van der Waals surface area contributed by atoms with Gasteiger partial charge in [-0.1, -0.05) is 19.8 Å². The van der Waals surface area contributed by atoms with Crippen LogP contribution in [0.25, 0.3) is 0 Å². The number of nitrogens with one attached hydrogen (secondary N) is 2. The molecule has 0 aromatic carbocycles. The maximum absolute atomic E-state index is 12.5. The molecule has 0 radical (unpaired) electrons. The smallest absolute Gasteiger partial charge is 0.225 e. The number of likely N-dealkylation sites (tertiary alicyclic amines) is 1. The van der Waals surface area contributed by atoms with Crippen LogP contribution in [0, 0.1) is 5.92 Å². The Kier molecular flexibility index (Phi) is 8.98. The fourth-order valence-electron chi connectivity index (χ4n) is 3.60. The van der Waals surface area contributed by atoms with Crippen LogP contribution in [-0.2, 0) is 14.8 Å². The summed E-state index contributed by atoms with van der Waals surface area (Å²) in [5.74, 6) is 0.293. The topological polar surface area (TPSA) is 78.5 Å². The molecule has 1 unspecified atom stereocenters. The molecule has 0 spiro atoms. The van der Waals surface area contributed by atoms with Crippen molar-refractivity contribution in [2.45, 2.75) is 63.7 Å². The summed E-state index contributed by atoms with van der Waals surface area (Å²) in [6.07, 6.45) is 5.58. The van der Waals surface area contributed by atoms with Crippen molar-refractivity contribution in [2.24, 2.45) is 5.92 Å². The summed E-state index contributed by atoms with van der Waals surface area (Å²) in [4.78, 5) is 14.3. The average molecular weight is 382 g/mol. The van der Waals surface area contributed by atoms with E-state index >= 15 is 0 Å². The summed E-state index contributed by atoms with van der Waals surface area (Å²) < 4.78 is 27.7. The van der Waals surface area contributed by atoms with E-state index in [0.717, 1.165) is 38.6 Å². The largest absolute Gasteiger partial charge is 0.341 e. The minimum Gasteiger partial charge on any atom is -0.341 e. The molecular formula is C16H32ClN3O3S. The van der Waals surface area contributed by atoms with E-state index in [1.807, 2.05) is 13.8 Å². The van der Waals surface area contributed by atoms with Gasteiger partial charge in [-0.25, -0.2) is 13.1 Å². The normalized spacial score (nSPS) is 23.8. The summed E-state index contributed by atoms with van der Waals surface area (Å²) in [5.41, 5.74) is 0. The van der Waals surface area contributed by atoms with Gasteiger partial charge in [-0.2, -0.15) is 0 Å². The molecule has 2 atom stereocenters. The molecule has 0 bridgehead atoms. The van der Waals surface area contributed by atoms with E-state index in [1.54, 1.807) is 4.90 Å². The molecule has 8 heteroatoms. The Morgan fingerprint density at radius 2 is 1.88 bits per heavy atom. The molecule has 142 valence electrons. The number of hydrogen-bond donors (Lipinski definition) is 2. The summed E-state index contributed by atoms with van der Waals surface area (Å²) >= 11 is 0. The highest BCUT2D eigenvalue weighted by Crippen LogP contribution is 2.28. The molecule has 0 aromatic heterocycles. The lowest BCUT2D eigenvalue weighted by Gasteiger charge is -2.34. The molecule has 0 aromatic rings. The third-order valence-corrected chi connectivity index (χ3v) is 6.81. The lowest BCUT2D eigenvalue weighted by atomic mass is 10.0. The van der Waals surface area contributed by atoms with Gasteiger partial charge in [0.15, 0.2) is 0 Å². The zero-order chi connectivity index (χ0) is 16.9. The van der Waals surface area contributed by atoms with Crippen LogP contribution in [0.15, 0.2) is 0 Å². The van der Waals surface area contributed by atoms with Gasteiger partial charge in [0.05, 0.1) is 5.25 Å². The van der Waals surface area contributed by atoms with Crippen molar-refractivity contribution in [3.05, 3.63) is 0 Å². The van der Waals surface area contributed by atoms with Crippen LogP contribution in [0.2, 0.25) is 0 Å². The predicted molar refractivity (Wildman–Crippen MR) is 98.9 cm³/mol. The molecule has 1 amide bonds. The molecule has 24 heavy (non-hydrogen) atoms. The number of sulfonamides is 1. The third-order valence-electron chi connectivity index (χ3n) is 4.98. The third kappa shape index (κ3) is 5.86. The highest BCUT2D eigenvalue weighted by atomic mass is 35.5. The van der Waals surface area contributed by atoms with Crippen molar-refractivity contribution >= 4 is 28.3 Å². The summed E-state index contributed by atoms with van der Waals surface area (Å²) in [5, 5.41) is 2.72. The Hall–Kier alpha value is -0.370. The van der Waals surface area contributed by atoms with Gasteiger partial charge in [0.2, 0.25) is 15.9 Å². The number of nitrogens with zero attached hydrogens (tertiary/aromatic N) is 1. The monoisotopic (exact) mass is 381 g/mol. The number of halogens is 1. The molecule has 6 nitrogen and oxygen atoms in total. The van der Waals surface area contributed by atoms with Crippen molar-refractivity contribution in [3.63, 3.8) is 0 Å². The van der Waals surface area contributed by atoms with Gasteiger partial charge in [-0.05, 0) is 39.2 Å². The van der Waals surface area contributed by atoms with Gasteiger partial charge in [0, 0.05) is 31.6 Å². The highest BCUT2D eigenvalue weighted by Gasteiger charge is 2.35. The van der Waals surface area contributed by atoms with Crippen LogP contribution < -0.4 is 10.0 Å². The van der Waals surface area contributed by atoms with Crippen molar-refractivity contribution in [2.75, 3.05) is 26.2 Å². The van der Waals surface area contributed by atoms with Crippen molar-refractivity contribution < 1.29 is 13.2 Å². The van der Waals surface area contributed by atoms with Crippen LogP contribution in [0.1, 0.15) is 52.4 Å². The minimum absolute atomic E-state index is 0. The summed E-state index contributed by atoms with van der Waals surface area (Å²) in [6, 6.07) is 0.106. The summed E-state index contributed by atoms with van der Waals surface area (Å²) in [6.45, 7) is 6.22. The lowest BCUT2D eigenvalue weighted by molar-refractivity contribution is -0.136. The van der Waals surface area contributed by atoms with Gasteiger partial charge in [-0.15, -0.1) is 12.4 Å². The first-order chi connectivity index (χ1) is 10.9. The van der Waals surface area contributed by atoms with E-state index in [-0.39, 0.29) is 30.3 Å². The number of amides is 1. The molecule has 1 saturated heterocycles. The maximum Gasteiger partial charge on any atom is 0.225 e. The number of hydrogen-bond acceptors (Lipinski definition) is 4. The fraction of sp³-hybridized carbons (Fsp3) is 0.938. The maximum atomic E-state index is 12.5. The molecular weight excluding hydrogens is 350 g/mol. The second kappa shape index (κ2) is 9.94. The van der Waals surface area contributed by atoms with E-state index in [2.05, 4.69) is 10.0 Å². The van der Waals surface area contributed by atoms with E-state index in [1.165, 1.54) is 0 Å². The number of carbonyl (C=O) groups excluding carboxylic acids is 1. The molecule has 2 N–H and O–H groups in total. The van der Waals surface area contributed by atoms with Gasteiger partial charge in [-0.3, -0.25) is 4.79 Å². The first-order valence-electron chi connectivity index (χ1n) is 8.94. The fourth-order valence-corrected chi connectivity index (χ4v) is 5.17. The van der Waals surface area contributed by atoms with Gasteiger partial charge in [0.1, 0.15) is 0 Å². The minimum atomic E-state index is -3.37. The van der Waals surface area contributed by atoms with Crippen molar-refractivity contribution in [1.29, 1.82) is 0 Å². The SMILES string of the molecule is CCN[C@H](C)CNS(=O)(=O)C1CCCN(C(=O)C2CCCC2)C1.Cl. The standard InChI is InChI=1S/C16H31N3O3S.ClH/c1-3-17-13(2)11-18-23(21,22)15-9-6-10-19(12-15)16(20)14-7-4-5-8-14;/h13-15,17-18H,3-12H2,1-2H3;1H/t13-,15?;/m1./s1.